The van der Waals surface area contributed by atoms with Crippen LogP contribution in [0.1, 0.15) is 23.1 Å². The molecule has 0 unspecified atom stereocenters. The summed E-state index contributed by atoms with van der Waals surface area (Å²) in [6, 6.07) is 11.1. The molecular weight excluding hydrogens is 394 g/mol. The lowest BCUT2D eigenvalue weighted by molar-refractivity contribution is -0.134. The van der Waals surface area contributed by atoms with E-state index in [1.54, 1.807) is 0 Å². The minimum Gasteiger partial charge on any atom is -0.478 e. The third-order valence-electron chi connectivity index (χ3n) is 3.88. The number of rotatable bonds is 5. The molecular formula is C21H23NO4S2. The zero-order valence-electron chi connectivity index (χ0n) is 15.8. The molecule has 0 fully saturated rings. The van der Waals surface area contributed by atoms with Gasteiger partial charge in [0.2, 0.25) is 0 Å². The molecule has 0 aliphatic carbocycles. The first-order valence-corrected chi connectivity index (χ1v) is 10.5. The van der Waals surface area contributed by atoms with Crippen LogP contribution in [-0.2, 0) is 15.3 Å². The van der Waals surface area contributed by atoms with Crippen molar-refractivity contribution in [2.75, 3.05) is 20.6 Å². The van der Waals surface area contributed by atoms with Crippen LogP contribution >= 0.6 is 23.1 Å². The Morgan fingerprint density at radius 3 is 2.39 bits per heavy atom. The predicted molar refractivity (Wildman–Crippen MR) is 115 cm³/mol. The molecule has 0 saturated heterocycles. The van der Waals surface area contributed by atoms with E-state index in [4.69, 9.17) is 10.2 Å². The summed E-state index contributed by atoms with van der Waals surface area (Å²) in [5.74, 6) is -1.44. The van der Waals surface area contributed by atoms with Gasteiger partial charge in [0.1, 0.15) is 0 Å². The molecule has 1 aromatic heterocycles. The van der Waals surface area contributed by atoms with E-state index in [0.29, 0.717) is 12.2 Å². The Kier molecular flexibility index (Phi) is 8.50. The molecule has 148 valence electrons. The molecule has 28 heavy (non-hydrogen) atoms. The van der Waals surface area contributed by atoms with Gasteiger partial charge >= 0.3 is 11.9 Å². The van der Waals surface area contributed by atoms with Crippen molar-refractivity contribution in [1.82, 2.24) is 4.90 Å². The highest BCUT2D eigenvalue weighted by atomic mass is 32.2. The molecule has 0 atom stereocenters. The second-order valence-electron chi connectivity index (χ2n) is 6.29. The fraction of sp³-hybridized carbons (Fsp3) is 0.238. The number of hydrogen-bond donors (Lipinski definition) is 2. The van der Waals surface area contributed by atoms with Crippen LogP contribution < -0.4 is 0 Å². The van der Waals surface area contributed by atoms with E-state index in [0.717, 1.165) is 18.7 Å². The zero-order chi connectivity index (χ0) is 20.5. The standard InChI is InChI=1S/C17H19NS2.C4H4O4/c1-18(2)10-5-8-15-14-7-4-3-6-13(14)12-20-17-16(15)9-11-19-17;5-3(6)1-2-4(7)8/h3-4,6-9,11H,5,10,12H2,1-2H3;1-2H,(H,5,6)(H,7,8)/b15-8+;2-1-. The first-order valence-electron chi connectivity index (χ1n) is 8.66. The van der Waals surface area contributed by atoms with Gasteiger partial charge in [-0.05, 0) is 48.7 Å². The zero-order valence-corrected chi connectivity index (χ0v) is 17.4. The van der Waals surface area contributed by atoms with Crippen LogP contribution in [0.5, 0.6) is 0 Å². The molecule has 2 N–H and O–H groups in total. The van der Waals surface area contributed by atoms with Gasteiger partial charge in [-0.25, -0.2) is 9.59 Å². The summed E-state index contributed by atoms with van der Waals surface area (Å²) in [5.41, 5.74) is 5.71. The number of aliphatic carboxylic acids is 2. The minimum atomic E-state index is -1.26. The Morgan fingerprint density at radius 1 is 1.07 bits per heavy atom. The monoisotopic (exact) mass is 417 g/mol. The Morgan fingerprint density at radius 2 is 1.75 bits per heavy atom. The fourth-order valence-electron chi connectivity index (χ4n) is 2.63. The van der Waals surface area contributed by atoms with Crippen LogP contribution in [0.25, 0.3) is 5.57 Å². The quantitative estimate of drug-likeness (QED) is 0.700. The number of fused-ring (bicyclic) bond motifs is 2. The van der Waals surface area contributed by atoms with Crippen molar-refractivity contribution < 1.29 is 19.8 Å². The number of hydrogen-bond acceptors (Lipinski definition) is 5. The summed E-state index contributed by atoms with van der Waals surface area (Å²) >= 11 is 3.83. The number of carboxylic acid groups (broad SMARTS) is 2. The number of carboxylic acids is 2. The summed E-state index contributed by atoms with van der Waals surface area (Å²) in [6.07, 6.45) is 4.62. The van der Waals surface area contributed by atoms with Gasteiger partial charge in [-0.2, -0.15) is 0 Å². The number of benzene rings is 1. The summed E-state index contributed by atoms with van der Waals surface area (Å²) in [7, 11) is 4.26. The molecule has 0 saturated carbocycles. The van der Waals surface area contributed by atoms with Crippen LogP contribution in [0.2, 0.25) is 0 Å². The van der Waals surface area contributed by atoms with Gasteiger partial charge in [0.15, 0.2) is 0 Å². The maximum Gasteiger partial charge on any atom is 0.328 e. The maximum atomic E-state index is 9.55. The first-order chi connectivity index (χ1) is 13.4. The second kappa shape index (κ2) is 10.8. The van der Waals surface area contributed by atoms with E-state index in [1.807, 2.05) is 23.1 Å². The molecule has 2 aromatic rings. The van der Waals surface area contributed by atoms with E-state index in [-0.39, 0.29) is 0 Å². The molecule has 1 aliphatic heterocycles. The number of thiophene rings is 1. The average molecular weight is 418 g/mol. The molecule has 3 rings (SSSR count). The highest BCUT2D eigenvalue weighted by Gasteiger charge is 2.18. The second-order valence-corrected chi connectivity index (χ2v) is 8.45. The van der Waals surface area contributed by atoms with Gasteiger partial charge < -0.3 is 15.1 Å². The summed E-state index contributed by atoms with van der Waals surface area (Å²) in [6.45, 7) is 1.10. The van der Waals surface area contributed by atoms with Crippen LogP contribution in [0, 0.1) is 0 Å². The van der Waals surface area contributed by atoms with Gasteiger partial charge in [-0.3, -0.25) is 0 Å². The molecule has 1 aliphatic rings. The van der Waals surface area contributed by atoms with Crippen LogP contribution in [0.15, 0.2) is 58.1 Å². The number of nitrogens with zero attached hydrogens (tertiary/aromatic N) is 1. The van der Waals surface area contributed by atoms with Crippen LogP contribution in [0.4, 0.5) is 0 Å². The molecule has 2 heterocycles. The molecule has 0 amide bonds. The Balaban J connectivity index is 0.000000300. The van der Waals surface area contributed by atoms with Crippen molar-refractivity contribution >= 4 is 40.6 Å². The van der Waals surface area contributed by atoms with Crippen molar-refractivity contribution in [3.05, 3.63) is 70.6 Å². The summed E-state index contributed by atoms with van der Waals surface area (Å²) in [5, 5.41) is 17.8. The smallest absolute Gasteiger partial charge is 0.328 e. The van der Waals surface area contributed by atoms with Crippen LogP contribution in [-0.4, -0.2) is 47.7 Å². The Labute approximate surface area is 173 Å². The number of thioether (sulfide) groups is 1. The SMILES string of the molecule is CN(C)CC/C=C1\c2ccccc2CSc2sccc21.O=C(O)/C=C\C(=O)O. The number of carbonyl (C=O) groups is 2. The topological polar surface area (TPSA) is 77.8 Å². The third-order valence-corrected chi connectivity index (χ3v) is 6.17. The van der Waals surface area contributed by atoms with Gasteiger partial charge in [0.05, 0.1) is 4.21 Å². The molecule has 0 radical (unpaired) electrons. The van der Waals surface area contributed by atoms with Gasteiger partial charge in [0, 0.05) is 30.0 Å². The largest absolute Gasteiger partial charge is 0.478 e. The van der Waals surface area contributed by atoms with E-state index < -0.39 is 11.9 Å². The lowest BCUT2D eigenvalue weighted by Gasteiger charge is -2.11. The molecule has 1 aromatic carbocycles. The van der Waals surface area contributed by atoms with Gasteiger partial charge in [-0.1, -0.05) is 30.3 Å². The lowest BCUT2D eigenvalue weighted by atomic mass is 9.95. The van der Waals surface area contributed by atoms with Crippen molar-refractivity contribution in [3.63, 3.8) is 0 Å². The highest BCUT2D eigenvalue weighted by molar-refractivity contribution is 8.00. The van der Waals surface area contributed by atoms with Gasteiger partial charge in [0.25, 0.3) is 0 Å². The molecule has 7 heteroatoms. The first kappa shape index (κ1) is 21.9. The molecule has 0 spiro atoms. The molecule has 5 nitrogen and oxygen atoms in total. The van der Waals surface area contributed by atoms with Crippen molar-refractivity contribution in [1.29, 1.82) is 0 Å². The average Bonchev–Trinajstić information content (AvgIpc) is 3.05. The maximum absolute atomic E-state index is 9.55. The minimum absolute atomic E-state index is 0.558. The van der Waals surface area contributed by atoms with E-state index in [1.165, 1.54) is 26.5 Å². The fourth-order valence-corrected chi connectivity index (χ4v) is 4.75. The predicted octanol–water partition coefficient (Wildman–Crippen LogP) is 4.45. The van der Waals surface area contributed by atoms with Crippen LogP contribution in [0.3, 0.4) is 0 Å². The summed E-state index contributed by atoms with van der Waals surface area (Å²) < 4.78 is 1.46. The van der Waals surface area contributed by atoms with Gasteiger partial charge in [-0.15, -0.1) is 23.1 Å². The van der Waals surface area contributed by atoms with E-state index in [2.05, 4.69) is 60.8 Å². The Hall–Kier alpha value is -2.35. The van der Waals surface area contributed by atoms with E-state index in [9.17, 15) is 9.59 Å². The van der Waals surface area contributed by atoms with E-state index >= 15 is 0 Å². The molecule has 0 bridgehead atoms. The summed E-state index contributed by atoms with van der Waals surface area (Å²) in [4.78, 5) is 21.3. The third kappa shape index (κ3) is 6.67. The van der Waals surface area contributed by atoms with Crippen molar-refractivity contribution in [3.8, 4) is 0 Å². The lowest BCUT2D eigenvalue weighted by Crippen LogP contribution is -2.12. The Bertz CT molecular complexity index is 868. The van der Waals surface area contributed by atoms with Crippen molar-refractivity contribution in [2.45, 2.75) is 16.4 Å². The highest BCUT2D eigenvalue weighted by Crippen LogP contribution is 2.42. The van der Waals surface area contributed by atoms with Crippen molar-refractivity contribution in [2.24, 2.45) is 0 Å². The normalized spacial score (nSPS) is 14.2.